The van der Waals surface area contributed by atoms with Crippen LogP contribution in [0.25, 0.3) is 0 Å². The van der Waals surface area contributed by atoms with Crippen molar-refractivity contribution in [2.24, 2.45) is 0 Å². The zero-order chi connectivity index (χ0) is 15.1. The second kappa shape index (κ2) is 5.66. The standard InChI is InChI=1S/C16H24N4O2/c1-2-18-5-7-19(8-6-18)13-10-20(11-13)16(21)14-9-15(22-17-14)12-3-4-12/h9,12-13H,2-8,10-11H2,1H3. The van der Waals surface area contributed by atoms with Crippen LogP contribution in [0.4, 0.5) is 0 Å². The summed E-state index contributed by atoms with van der Waals surface area (Å²) in [5, 5.41) is 3.95. The molecule has 2 aliphatic heterocycles. The van der Waals surface area contributed by atoms with E-state index < -0.39 is 0 Å². The molecule has 0 radical (unpaired) electrons. The molecule has 2 saturated heterocycles. The minimum Gasteiger partial charge on any atom is -0.360 e. The molecule has 0 aromatic carbocycles. The van der Waals surface area contributed by atoms with E-state index in [9.17, 15) is 4.79 Å². The molecule has 120 valence electrons. The van der Waals surface area contributed by atoms with Crippen molar-refractivity contribution in [1.82, 2.24) is 19.9 Å². The lowest BCUT2D eigenvalue weighted by Crippen LogP contribution is -2.64. The Morgan fingerprint density at radius 1 is 1.27 bits per heavy atom. The molecule has 3 fully saturated rings. The fourth-order valence-corrected chi connectivity index (χ4v) is 3.41. The number of nitrogens with zero attached hydrogens (tertiary/aromatic N) is 4. The average Bonchev–Trinajstić information content (AvgIpc) is 3.23. The van der Waals surface area contributed by atoms with Crippen LogP contribution in [-0.4, -0.2) is 77.6 Å². The SMILES string of the molecule is CCN1CCN(C2CN(C(=O)c3cc(C4CC4)on3)C2)CC1. The number of likely N-dealkylation sites (N-methyl/N-ethyl adjacent to an activating group) is 1. The van der Waals surface area contributed by atoms with E-state index in [1.54, 1.807) is 0 Å². The lowest BCUT2D eigenvalue weighted by molar-refractivity contribution is 0.00786. The van der Waals surface area contributed by atoms with Crippen LogP contribution in [0.2, 0.25) is 0 Å². The Balaban J connectivity index is 1.28. The molecule has 1 aromatic rings. The first kappa shape index (κ1) is 14.2. The van der Waals surface area contributed by atoms with Crippen molar-refractivity contribution in [2.75, 3.05) is 45.8 Å². The van der Waals surface area contributed by atoms with Crippen LogP contribution < -0.4 is 0 Å². The van der Waals surface area contributed by atoms with Crippen molar-refractivity contribution in [2.45, 2.75) is 31.7 Å². The molecule has 0 atom stereocenters. The van der Waals surface area contributed by atoms with Crippen LogP contribution in [0.5, 0.6) is 0 Å². The molecule has 1 amide bonds. The highest BCUT2D eigenvalue weighted by Crippen LogP contribution is 2.40. The van der Waals surface area contributed by atoms with Crippen LogP contribution in [-0.2, 0) is 0 Å². The molecule has 0 N–H and O–H groups in total. The summed E-state index contributed by atoms with van der Waals surface area (Å²) in [4.78, 5) is 19.3. The number of likely N-dealkylation sites (tertiary alicyclic amines) is 1. The van der Waals surface area contributed by atoms with Gasteiger partial charge in [-0.3, -0.25) is 9.69 Å². The van der Waals surface area contributed by atoms with E-state index in [1.807, 2.05) is 11.0 Å². The van der Waals surface area contributed by atoms with Gasteiger partial charge < -0.3 is 14.3 Å². The fourth-order valence-electron chi connectivity index (χ4n) is 3.41. The maximum Gasteiger partial charge on any atom is 0.276 e. The number of rotatable bonds is 4. The van der Waals surface area contributed by atoms with Crippen LogP contribution in [0.15, 0.2) is 10.6 Å². The largest absolute Gasteiger partial charge is 0.360 e. The monoisotopic (exact) mass is 304 g/mol. The summed E-state index contributed by atoms with van der Waals surface area (Å²) in [6, 6.07) is 2.37. The van der Waals surface area contributed by atoms with E-state index in [0.29, 0.717) is 17.7 Å². The molecule has 1 saturated carbocycles. The Labute approximate surface area is 131 Å². The van der Waals surface area contributed by atoms with Crippen molar-refractivity contribution in [1.29, 1.82) is 0 Å². The lowest BCUT2D eigenvalue weighted by Gasteiger charge is -2.47. The summed E-state index contributed by atoms with van der Waals surface area (Å²) < 4.78 is 5.28. The van der Waals surface area contributed by atoms with Crippen molar-refractivity contribution in [3.05, 3.63) is 17.5 Å². The van der Waals surface area contributed by atoms with Gasteiger partial charge in [-0.15, -0.1) is 0 Å². The highest BCUT2D eigenvalue weighted by atomic mass is 16.5. The Hall–Kier alpha value is -1.40. The molecule has 1 aliphatic carbocycles. The first-order valence-electron chi connectivity index (χ1n) is 8.47. The third kappa shape index (κ3) is 2.65. The van der Waals surface area contributed by atoms with Crippen LogP contribution >= 0.6 is 0 Å². The summed E-state index contributed by atoms with van der Waals surface area (Å²) in [7, 11) is 0. The number of hydrogen-bond acceptors (Lipinski definition) is 5. The first-order valence-corrected chi connectivity index (χ1v) is 8.47. The molecule has 3 aliphatic rings. The van der Waals surface area contributed by atoms with Gasteiger partial charge in [-0.25, -0.2) is 0 Å². The number of amides is 1. The minimum absolute atomic E-state index is 0.0269. The summed E-state index contributed by atoms with van der Waals surface area (Å²) in [5.74, 6) is 1.42. The molecule has 6 nitrogen and oxygen atoms in total. The van der Waals surface area contributed by atoms with Gasteiger partial charge >= 0.3 is 0 Å². The van der Waals surface area contributed by atoms with E-state index >= 15 is 0 Å². The highest BCUT2D eigenvalue weighted by molar-refractivity contribution is 5.92. The van der Waals surface area contributed by atoms with Gasteiger partial charge in [-0.2, -0.15) is 0 Å². The van der Waals surface area contributed by atoms with Gasteiger partial charge in [-0.1, -0.05) is 12.1 Å². The second-order valence-electron chi connectivity index (χ2n) is 6.72. The summed E-state index contributed by atoms with van der Waals surface area (Å²) in [6.45, 7) is 9.55. The molecule has 3 heterocycles. The Morgan fingerprint density at radius 3 is 2.64 bits per heavy atom. The molecular formula is C16H24N4O2. The average molecular weight is 304 g/mol. The van der Waals surface area contributed by atoms with E-state index in [1.165, 1.54) is 12.8 Å². The van der Waals surface area contributed by atoms with Gasteiger partial charge in [0.05, 0.1) is 0 Å². The summed E-state index contributed by atoms with van der Waals surface area (Å²) in [5.41, 5.74) is 0.483. The lowest BCUT2D eigenvalue weighted by atomic mass is 10.1. The smallest absolute Gasteiger partial charge is 0.276 e. The Kier molecular flexibility index (Phi) is 3.66. The third-order valence-electron chi connectivity index (χ3n) is 5.25. The van der Waals surface area contributed by atoms with Crippen molar-refractivity contribution in [3.8, 4) is 0 Å². The van der Waals surface area contributed by atoms with Gasteiger partial charge in [0, 0.05) is 57.3 Å². The zero-order valence-electron chi connectivity index (χ0n) is 13.2. The molecular weight excluding hydrogens is 280 g/mol. The summed E-state index contributed by atoms with van der Waals surface area (Å²) in [6.07, 6.45) is 2.33. The molecule has 4 rings (SSSR count). The summed E-state index contributed by atoms with van der Waals surface area (Å²) >= 11 is 0. The van der Waals surface area contributed by atoms with E-state index in [4.69, 9.17) is 4.52 Å². The quantitative estimate of drug-likeness (QED) is 0.831. The topological polar surface area (TPSA) is 52.8 Å². The van der Waals surface area contributed by atoms with Crippen molar-refractivity contribution < 1.29 is 9.32 Å². The minimum atomic E-state index is 0.0269. The van der Waals surface area contributed by atoms with E-state index in [2.05, 4.69) is 21.9 Å². The van der Waals surface area contributed by atoms with Crippen LogP contribution in [0, 0.1) is 0 Å². The molecule has 1 aromatic heterocycles. The number of piperazine rings is 1. The van der Waals surface area contributed by atoms with Gasteiger partial charge in [0.2, 0.25) is 0 Å². The maximum absolute atomic E-state index is 12.4. The van der Waals surface area contributed by atoms with E-state index in [-0.39, 0.29) is 5.91 Å². The van der Waals surface area contributed by atoms with Crippen LogP contribution in [0.1, 0.15) is 41.9 Å². The molecule has 0 bridgehead atoms. The van der Waals surface area contributed by atoms with Gasteiger partial charge in [-0.05, 0) is 19.4 Å². The molecule has 22 heavy (non-hydrogen) atoms. The second-order valence-corrected chi connectivity index (χ2v) is 6.72. The normalized spacial score (nSPS) is 24.5. The molecule has 0 unspecified atom stereocenters. The van der Waals surface area contributed by atoms with Gasteiger partial charge in [0.25, 0.3) is 5.91 Å². The number of hydrogen-bond donors (Lipinski definition) is 0. The van der Waals surface area contributed by atoms with Crippen LogP contribution in [0.3, 0.4) is 0 Å². The van der Waals surface area contributed by atoms with Gasteiger partial charge in [0.15, 0.2) is 5.69 Å². The highest BCUT2D eigenvalue weighted by Gasteiger charge is 2.37. The zero-order valence-corrected chi connectivity index (χ0v) is 13.2. The predicted octanol–water partition coefficient (Wildman–Crippen LogP) is 1.01. The van der Waals surface area contributed by atoms with E-state index in [0.717, 1.165) is 51.6 Å². The van der Waals surface area contributed by atoms with Crippen molar-refractivity contribution >= 4 is 5.91 Å². The molecule has 0 spiro atoms. The third-order valence-corrected chi connectivity index (χ3v) is 5.25. The first-order chi connectivity index (χ1) is 10.7. The maximum atomic E-state index is 12.4. The van der Waals surface area contributed by atoms with Crippen molar-refractivity contribution in [3.63, 3.8) is 0 Å². The Bertz CT molecular complexity index is 540. The predicted molar refractivity (Wildman–Crippen MR) is 81.9 cm³/mol. The Morgan fingerprint density at radius 2 is 2.00 bits per heavy atom. The molecule has 6 heteroatoms. The number of aromatic nitrogens is 1. The van der Waals surface area contributed by atoms with Gasteiger partial charge in [0.1, 0.15) is 5.76 Å². The fraction of sp³-hybridized carbons (Fsp3) is 0.750. The number of carbonyl (C=O) groups is 1. The number of carbonyl (C=O) groups excluding carboxylic acids is 1.